The zero-order valence-electron chi connectivity index (χ0n) is 17.4. The van der Waals surface area contributed by atoms with Crippen LogP contribution in [0.15, 0.2) is 42.5 Å². The van der Waals surface area contributed by atoms with Gasteiger partial charge in [-0.25, -0.2) is 21.5 Å². The molecule has 5 nitrogen and oxygen atoms in total. The summed E-state index contributed by atoms with van der Waals surface area (Å²) in [6.07, 6.45) is 1.46. The summed E-state index contributed by atoms with van der Waals surface area (Å²) in [6, 6.07) is 10.7. The molecule has 0 unspecified atom stereocenters. The van der Waals surface area contributed by atoms with Gasteiger partial charge in [-0.1, -0.05) is 18.2 Å². The second-order valence-corrected chi connectivity index (χ2v) is 10.7. The molecule has 0 N–H and O–H groups in total. The zero-order valence-corrected chi connectivity index (χ0v) is 18.2. The molecule has 0 spiro atoms. The number of rotatable bonds is 5. The van der Waals surface area contributed by atoms with E-state index in [0.717, 1.165) is 11.1 Å². The second kappa shape index (κ2) is 8.67. The van der Waals surface area contributed by atoms with Crippen molar-refractivity contribution in [2.45, 2.75) is 37.4 Å². The molecule has 2 aromatic carbocycles. The molecule has 0 aliphatic carbocycles. The van der Waals surface area contributed by atoms with E-state index in [1.54, 1.807) is 18.2 Å². The number of nitrogens with zero attached hydrogens (tertiary/aromatic N) is 2. The van der Waals surface area contributed by atoms with Gasteiger partial charge in [0.2, 0.25) is 15.9 Å². The van der Waals surface area contributed by atoms with Crippen molar-refractivity contribution >= 4 is 15.9 Å². The van der Waals surface area contributed by atoms with E-state index in [-0.39, 0.29) is 43.0 Å². The van der Waals surface area contributed by atoms with Gasteiger partial charge in [0.15, 0.2) is 0 Å². The number of carbonyl (C=O) groups excluding carboxylic acids is 1. The highest BCUT2D eigenvalue weighted by atomic mass is 32.2. The number of sulfonamides is 1. The average molecular weight is 449 g/mol. The van der Waals surface area contributed by atoms with Gasteiger partial charge >= 0.3 is 0 Å². The number of amides is 1. The van der Waals surface area contributed by atoms with E-state index in [1.165, 1.54) is 33.5 Å². The van der Waals surface area contributed by atoms with Gasteiger partial charge in [0.05, 0.1) is 6.42 Å². The Morgan fingerprint density at radius 3 is 2.26 bits per heavy atom. The van der Waals surface area contributed by atoms with Gasteiger partial charge in [0.1, 0.15) is 16.9 Å². The number of aryl methyl sites for hydroxylation is 1. The van der Waals surface area contributed by atoms with Crippen molar-refractivity contribution in [2.24, 2.45) is 0 Å². The Labute approximate surface area is 181 Å². The second-order valence-electron chi connectivity index (χ2n) is 8.44. The predicted molar refractivity (Wildman–Crippen MR) is 114 cm³/mol. The molecule has 31 heavy (non-hydrogen) atoms. The molecule has 0 bridgehead atoms. The van der Waals surface area contributed by atoms with Crippen LogP contribution in [0.2, 0.25) is 0 Å². The lowest BCUT2D eigenvalue weighted by atomic mass is 9.90. The van der Waals surface area contributed by atoms with E-state index < -0.39 is 15.3 Å². The first-order valence-corrected chi connectivity index (χ1v) is 12.0. The first-order chi connectivity index (χ1) is 14.7. The van der Waals surface area contributed by atoms with Crippen molar-refractivity contribution in [3.63, 3.8) is 0 Å². The minimum Gasteiger partial charge on any atom is -0.340 e. The highest BCUT2D eigenvalue weighted by molar-refractivity contribution is 7.89. The maximum absolute atomic E-state index is 13.4. The molecule has 166 valence electrons. The highest BCUT2D eigenvalue weighted by Crippen LogP contribution is 2.31. The minimum absolute atomic E-state index is 0.0689. The molecule has 2 fully saturated rings. The van der Waals surface area contributed by atoms with Crippen LogP contribution >= 0.6 is 0 Å². The lowest BCUT2D eigenvalue weighted by Gasteiger charge is -2.42. The predicted octanol–water partition coefficient (Wildman–Crippen LogP) is 3.24. The lowest BCUT2D eigenvalue weighted by molar-refractivity contribution is -0.133. The van der Waals surface area contributed by atoms with Gasteiger partial charge in [0.25, 0.3) is 0 Å². The third-order valence-electron chi connectivity index (χ3n) is 6.43. The topological polar surface area (TPSA) is 57.7 Å². The largest absolute Gasteiger partial charge is 0.340 e. The fourth-order valence-corrected chi connectivity index (χ4v) is 6.20. The molecule has 4 rings (SSSR count). The van der Waals surface area contributed by atoms with Gasteiger partial charge in [-0.15, -0.1) is 0 Å². The van der Waals surface area contributed by atoms with E-state index in [1.807, 2.05) is 6.92 Å². The van der Waals surface area contributed by atoms with Crippen molar-refractivity contribution in [1.29, 1.82) is 0 Å². The third kappa shape index (κ3) is 4.65. The van der Waals surface area contributed by atoms with Gasteiger partial charge in [-0.3, -0.25) is 4.79 Å². The molecule has 2 aromatic rings. The Hall–Kier alpha value is -2.32. The SMILES string of the molecule is Cc1ccc(F)cc1CC(=O)N1CC(S(=O)(=O)N2CCC(c3ccc(F)cc3)CC2)C1. The van der Waals surface area contributed by atoms with Crippen molar-refractivity contribution in [2.75, 3.05) is 26.2 Å². The fraction of sp³-hybridized carbons (Fsp3) is 0.435. The summed E-state index contributed by atoms with van der Waals surface area (Å²) in [6.45, 7) is 3.02. The van der Waals surface area contributed by atoms with Crippen LogP contribution in [0.1, 0.15) is 35.4 Å². The highest BCUT2D eigenvalue weighted by Gasteiger charge is 2.43. The fourth-order valence-electron chi connectivity index (χ4n) is 4.32. The first-order valence-electron chi connectivity index (χ1n) is 10.5. The number of carbonyl (C=O) groups is 1. The van der Waals surface area contributed by atoms with Crippen molar-refractivity contribution < 1.29 is 22.0 Å². The Balaban J connectivity index is 1.30. The van der Waals surface area contributed by atoms with E-state index in [2.05, 4.69) is 0 Å². The zero-order chi connectivity index (χ0) is 22.2. The molecule has 1 amide bonds. The summed E-state index contributed by atoms with van der Waals surface area (Å²) in [5.41, 5.74) is 2.49. The van der Waals surface area contributed by atoms with Crippen molar-refractivity contribution in [3.8, 4) is 0 Å². The molecule has 0 atom stereocenters. The summed E-state index contributed by atoms with van der Waals surface area (Å²) in [7, 11) is -3.47. The smallest absolute Gasteiger partial charge is 0.227 e. The maximum Gasteiger partial charge on any atom is 0.227 e. The molecule has 2 aliphatic rings. The van der Waals surface area contributed by atoms with Crippen LogP contribution in [-0.2, 0) is 21.2 Å². The third-order valence-corrected chi connectivity index (χ3v) is 8.66. The van der Waals surface area contributed by atoms with Crippen LogP contribution in [-0.4, -0.2) is 55.0 Å². The van der Waals surface area contributed by atoms with Crippen LogP contribution in [0.25, 0.3) is 0 Å². The first kappa shape index (κ1) is 21.9. The molecule has 2 saturated heterocycles. The average Bonchev–Trinajstić information content (AvgIpc) is 2.70. The summed E-state index contributed by atoms with van der Waals surface area (Å²) in [4.78, 5) is 14.0. The van der Waals surface area contributed by atoms with E-state index in [9.17, 15) is 22.0 Å². The summed E-state index contributed by atoms with van der Waals surface area (Å²) < 4.78 is 54.0. The Morgan fingerprint density at radius 2 is 1.61 bits per heavy atom. The molecular formula is C23H26F2N2O3S. The van der Waals surface area contributed by atoms with Gasteiger partial charge in [0, 0.05) is 26.2 Å². The van der Waals surface area contributed by atoms with E-state index in [0.29, 0.717) is 31.5 Å². The molecule has 2 heterocycles. The summed E-state index contributed by atoms with van der Waals surface area (Å²) >= 11 is 0. The lowest BCUT2D eigenvalue weighted by Crippen LogP contribution is -2.60. The molecule has 0 radical (unpaired) electrons. The number of hydrogen-bond donors (Lipinski definition) is 0. The van der Waals surface area contributed by atoms with Crippen LogP contribution in [0.3, 0.4) is 0 Å². The number of benzene rings is 2. The van der Waals surface area contributed by atoms with Crippen LogP contribution in [0.4, 0.5) is 8.78 Å². The molecule has 0 aromatic heterocycles. The number of hydrogen-bond acceptors (Lipinski definition) is 3. The maximum atomic E-state index is 13.4. The number of halogens is 2. The van der Waals surface area contributed by atoms with Gasteiger partial charge < -0.3 is 4.90 Å². The number of likely N-dealkylation sites (tertiary alicyclic amines) is 1. The number of piperidine rings is 1. The Bertz CT molecular complexity index is 1060. The van der Waals surface area contributed by atoms with Crippen molar-refractivity contribution in [1.82, 2.24) is 9.21 Å². The quantitative estimate of drug-likeness (QED) is 0.706. The van der Waals surface area contributed by atoms with E-state index >= 15 is 0 Å². The molecule has 0 saturated carbocycles. The standard InChI is InChI=1S/C23H26F2N2O3S/c1-16-2-5-21(25)12-19(16)13-23(28)26-14-22(15-26)31(29,30)27-10-8-18(9-11-27)17-3-6-20(24)7-4-17/h2-7,12,18,22H,8-11,13-15H2,1H3. The van der Waals surface area contributed by atoms with E-state index in [4.69, 9.17) is 0 Å². The summed E-state index contributed by atoms with van der Waals surface area (Å²) in [5, 5.41) is -0.590. The van der Waals surface area contributed by atoms with Crippen LogP contribution < -0.4 is 0 Å². The van der Waals surface area contributed by atoms with Crippen LogP contribution in [0.5, 0.6) is 0 Å². The van der Waals surface area contributed by atoms with Gasteiger partial charge in [-0.2, -0.15) is 0 Å². The normalized spacial score (nSPS) is 18.7. The Morgan fingerprint density at radius 1 is 1.00 bits per heavy atom. The molecular weight excluding hydrogens is 422 g/mol. The summed E-state index contributed by atoms with van der Waals surface area (Å²) in [5.74, 6) is -0.627. The van der Waals surface area contributed by atoms with Crippen molar-refractivity contribution in [3.05, 3.63) is 70.8 Å². The van der Waals surface area contributed by atoms with Crippen LogP contribution in [0, 0.1) is 18.6 Å². The van der Waals surface area contributed by atoms with Gasteiger partial charge in [-0.05, 0) is 66.6 Å². The molecule has 2 aliphatic heterocycles. The Kier molecular flexibility index (Phi) is 6.12. The molecule has 8 heteroatoms. The minimum atomic E-state index is -3.47. The monoisotopic (exact) mass is 448 g/mol.